The van der Waals surface area contributed by atoms with Crippen LogP contribution in [0.1, 0.15) is 43.0 Å². The molecule has 1 saturated heterocycles. The molecule has 1 atom stereocenters. The standard InChI is InChI=1S/C25H27N3O6S/c1-19(29)20-11-13-22(14-12-20)35(32,33)28-17-6-5-10-23(28)25(31)34-18-24(30)27(16-7-15-26)21-8-3-2-4-9-21/h2-4,8-9,11-14,23H,5-7,10,16-18H2,1H3. The van der Waals surface area contributed by atoms with E-state index < -0.39 is 34.5 Å². The lowest BCUT2D eigenvalue weighted by Gasteiger charge is -2.33. The Balaban J connectivity index is 1.72. The van der Waals surface area contributed by atoms with Crippen molar-refractivity contribution in [2.24, 2.45) is 0 Å². The van der Waals surface area contributed by atoms with Crippen molar-refractivity contribution in [2.45, 2.75) is 43.5 Å². The molecule has 2 aromatic carbocycles. The highest BCUT2D eigenvalue weighted by Gasteiger charge is 2.39. The number of ketones is 1. The van der Waals surface area contributed by atoms with Gasteiger partial charge in [0.25, 0.3) is 5.91 Å². The van der Waals surface area contributed by atoms with E-state index in [4.69, 9.17) is 10.00 Å². The first-order valence-electron chi connectivity index (χ1n) is 11.3. The predicted octanol–water partition coefficient (Wildman–Crippen LogP) is 2.92. The zero-order chi connectivity index (χ0) is 25.4. The maximum atomic E-state index is 13.3. The van der Waals surface area contributed by atoms with E-state index in [9.17, 15) is 22.8 Å². The number of benzene rings is 2. The fourth-order valence-corrected chi connectivity index (χ4v) is 5.55. The number of para-hydroxylation sites is 1. The first kappa shape index (κ1) is 26.1. The number of Topliss-reactive ketones (excluding diaryl/α,β-unsaturated/α-hetero) is 1. The first-order chi connectivity index (χ1) is 16.8. The molecule has 9 nitrogen and oxygen atoms in total. The molecular weight excluding hydrogens is 470 g/mol. The second-order valence-electron chi connectivity index (χ2n) is 8.10. The predicted molar refractivity (Wildman–Crippen MR) is 128 cm³/mol. The van der Waals surface area contributed by atoms with E-state index in [1.54, 1.807) is 30.3 Å². The molecule has 1 unspecified atom stereocenters. The van der Waals surface area contributed by atoms with Crippen molar-refractivity contribution in [1.29, 1.82) is 5.26 Å². The molecule has 3 rings (SSSR count). The summed E-state index contributed by atoms with van der Waals surface area (Å²) in [5.41, 5.74) is 0.955. The molecule has 0 N–H and O–H groups in total. The summed E-state index contributed by atoms with van der Waals surface area (Å²) >= 11 is 0. The maximum absolute atomic E-state index is 13.3. The molecule has 10 heteroatoms. The second-order valence-corrected chi connectivity index (χ2v) is 10.00. The van der Waals surface area contributed by atoms with Crippen LogP contribution in [0.15, 0.2) is 59.5 Å². The van der Waals surface area contributed by atoms with E-state index in [0.29, 0.717) is 24.1 Å². The smallest absolute Gasteiger partial charge is 0.324 e. The van der Waals surface area contributed by atoms with Crippen LogP contribution >= 0.6 is 0 Å². The minimum Gasteiger partial charge on any atom is -0.454 e. The van der Waals surface area contributed by atoms with Gasteiger partial charge < -0.3 is 9.64 Å². The Hall–Kier alpha value is -3.55. The van der Waals surface area contributed by atoms with Gasteiger partial charge in [0.2, 0.25) is 10.0 Å². The summed E-state index contributed by atoms with van der Waals surface area (Å²) < 4.78 is 32.9. The second kappa shape index (κ2) is 11.7. The van der Waals surface area contributed by atoms with E-state index in [-0.39, 0.29) is 36.6 Å². The molecule has 35 heavy (non-hydrogen) atoms. The summed E-state index contributed by atoms with van der Waals surface area (Å²) in [5, 5.41) is 8.92. The van der Waals surface area contributed by atoms with E-state index in [1.165, 1.54) is 36.1 Å². The molecule has 0 aromatic heterocycles. The first-order valence-corrected chi connectivity index (χ1v) is 12.7. The van der Waals surface area contributed by atoms with Gasteiger partial charge in [-0.05, 0) is 50.5 Å². The summed E-state index contributed by atoms with van der Waals surface area (Å²) in [6.07, 6.45) is 1.60. The highest BCUT2D eigenvalue weighted by molar-refractivity contribution is 7.89. The highest BCUT2D eigenvalue weighted by Crippen LogP contribution is 2.26. The average Bonchev–Trinajstić information content (AvgIpc) is 2.88. The van der Waals surface area contributed by atoms with Gasteiger partial charge in [0, 0.05) is 24.3 Å². The molecule has 0 bridgehead atoms. The van der Waals surface area contributed by atoms with Crippen LogP contribution in [-0.2, 0) is 24.3 Å². The quantitative estimate of drug-likeness (QED) is 0.385. The number of hydrogen-bond acceptors (Lipinski definition) is 7. The Bertz CT molecular complexity index is 1210. The Morgan fingerprint density at radius 1 is 1.09 bits per heavy atom. The highest BCUT2D eigenvalue weighted by atomic mass is 32.2. The van der Waals surface area contributed by atoms with Gasteiger partial charge in [0.15, 0.2) is 12.4 Å². The number of ether oxygens (including phenoxy) is 1. The molecular formula is C25H27N3O6S. The van der Waals surface area contributed by atoms with Crippen molar-refractivity contribution >= 4 is 33.4 Å². The van der Waals surface area contributed by atoms with Gasteiger partial charge in [-0.3, -0.25) is 14.4 Å². The summed E-state index contributed by atoms with van der Waals surface area (Å²) in [4.78, 5) is 38.6. The van der Waals surface area contributed by atoms with Crippen LogP contribution in [0, 0.1) is 11.3 Å². The number of sulfonamides is 1. The summed E-state index contributed by atoms with van der Waals surface area (Å²) in [7, 11) is -4.02. The molecule has 1 amide bonds. The number of nitriles is 1. The molecule has 184 valence electrons. The minimum absolute atomic E-state index is 0.0231. The van der Waals surface area contributed by atoms with E-state index in [2.05, 4.69) is 0 Å². The van der Waals surface area contributed by atoms with Gasteiger partial charge in [0.05, 0.1) is 17.4 Å². The number of carbonyl (C=O) groups excluding carboxylic acids is 3. The average molecular weight is 498 g/mol. The van der Waals surface area contributed by atoms with Crippen molar-refractivity contribution in [3.8, 4) is 6.07 Å². The lowest BCUT2D eigenvalue weighted by Crippen LogP contribution is -2.49. The van der Waals surface area contributed by atoms with Crippen LogP contribution in [0.25, 0.3) is 0 Å². The summed E-state index contributed by atoms with van der Waals surface area (Å²) in [5.74, 6) is -1.49. The number of anilines is 1. The SMILES string of the molecule is CC(=O)c1ccc(S(=O)(=O)N2CCCCC2C(=O)OCC(=O)N(CCC#N)c2ccccc2)cc1. The molecule has 1 fully saturated rings. The van der Waals surface area contributed by atoms with Gasteiger partial charge in [-0.15, -0.1) is 0 Å². The van der Waals surface area contributed by atoms with Crippen LogP contribution in [0.2, 0.25) is 0 Å². The summed E-state index contributed by atoms with van der Waals surface area (Å²) in [6, 6.07) is 15.2. The van der Waals surface area contributed by atoms with Gasteiger partial charge in [-0.25, -0.2) is 8.42 Å². The van der Waals surface area contributed by atoms with Gasteiger partial charge in [-0.1, -0.05) is 30.3 Å². The fourth-order valence-electron chi connectivity index (χ4n) is 3.90. The molecule has 1 aliphatic heterocycles. The molecule has 0 aliphatic carbocycles. The zero-order valence-electron chi connectivity index (χ0n) is 19.4. The minimum atomic E-state index is -4.02. The topological polar surface area (TPSA) is 125 Å². The van der Waals surface area contributed by atoms with Crippen molar-refractivity contribution in [2.75, 3.05) is 24.6 Å². The summed E-state index contributed by atoms with van der Waals surface area (Å²) in [6.45, 7) is 1.09. The van der Waals surface area contributed by atoms with Crippen LogP contribution in [0.4, 0.5) is 5.69 Å². The molecule has 2 aromatic rings. The third-order valence-electron chi connectivity index (χ3n) is 5.75. The maximum Gasteiger partial charge on any atom is 0.324 e. The van der Waals surface area contributed by atoms with E-state index in [0.717, 1.165) is 4.31 Å². The normalized spacial score (nSPS) is 16.2. The third-order valence-corrected chi connectivity index (χ3v) is 7.67. The third kappa shape index (κ3) is 6.32. The van der Waals surface area contributed by atoms with Crippen LogP contribution < -0.4 is 4.90 Å². The van der Waals surface area contributed by atoms with Crippen LogP contribution in [-0.4, -0.2) is 56.1 Å². The molecule has 0 spiro atoms. The number of nitrogens with zero attached hydrogens (tertiary/aromatic N) is 3. The Morgan fingerprint density at radius 2 is 1.77 bits per heavy atom. The van der Waals surface area contributed by atoms with Crippen molar-refractivity contribution in [3.63, 3.8) is 0 Å². The van der Waals surface area contributed by atoms with Gasteiger partial charge >= 0.3 is 5.97 Å². The molecule has 1 aliphatic rings. The molecule has 0 radical (unpaired) electrons. The number of esters is 1. The van der Waals surface area contributed by atoms with Gasteiger partial charge in [0.1, 0.15) is 6.04 Å². The Kier molecular flexibility index (Phi) is 8.73. The van der Waals surface area contributed by atoms with Crippen LogP contribution in [0.5, 0.6) is 0 Å². The lowest BCUT2D eigenvalue weighted by atomic mass is 10.1. The molecule has 0 saturated carbocycles. The van der Waals surface area contributed by atoms with Crippen LogP contribution in [0.3, 0.4) is 0 Å². The number of hydrogen-bond donors (Lipinski definition) is 0. The van der Waals surface area contributed by atoms with Crippen molar-refractivity contribution in [1.82, 2.24) is 4.31 Å². The Labute approximate surface area is 204 Å². The monoisotopic (exact) mass is 497 g/mol. The molecule has 1 heterocycles. The largest absolute Gasteiger partial charge is 0.454 e. The lowest BCUT2D eigenvalue weighted by molar-refractivity contribution is -0.152. The zero-order valence-corrected chi connectivity index (χ0v) is 20.2. The number of carbonyl (C=O) groups is 3. The number of amides is 1. The van der Waals surface area contributed by atoms with Crippen molar-refractivity contribution < 1.29 is 27.5 Å². The van der Waals surface area contributed by atoms with Crippen molar-refractivity contribution in [3.05, 3.63) is 60.2 Å². The van der Waals surface area contributed by atoms with Gasteiger partial charge in [-0.2, -0.15) is 9.57 Å². The van der Waals surface area contributed by atoms with E-state index in [1.807, 2.05) is 6.07 Å². The Morgan fingerprint density at radius 3 is 2.40 bits per heavy atom. The number of piperidine rings is 1. The van der Waals surface area contributed by atoms with E-state index >= 15 is 0 Å². The number of rotatable bonds is 9. The fraction of sp³-hybridized carbons (Fsp3) is 0.360.